The number of β-amino-alcohol motifs (C(OH)–C–C–N with tert-alkyl or cyclic N) is 1. The predicted octanol–water partition coefficient (Wildman–Crippen LogP) is 2.17. The van der Waals surface area contributed by atoms with E-state index < -0.39 is 6.10 Å². The van der Waals surface area contributed by atoms with Crippen LogP contribution in [-0.4, -0.2) is 33.8 Å². The second-order valence-electron chi connectivity index (χ2n) is 5.27. The molecule has 4 nitrogen and oxygen atoms in total. The first-order chi connectivity index (χ1) is 9.56. The Bertz CT molecular complexity index is 641. The molecule has 2 atom stereocenters. The third-order valence-corrected chi connectivity index (χ3v) is 3.81. The number of benzene rings is 2. The minimum absolute atomic E-state index is 0.0406. The SMILES string of the molecule is CN1C[C@H](O)c2cc(O)ccc2[C@H]1c1cccc(O)c1. The van der Waals surface area contributed by atoms with Crippen LogP contribution in [0.5, 0.6) is 11.5 Å². The summed E-state index contributed by atoms with van der Waals surface area (Å²) < 4.78 is 0. The van der Waals surface area contributed by atoms with E-state index in [0.717, 1.165) is 16.7 Å². The average molecular weight is 271 g/mol. The lowest BCUT2D eigenvalue weighted by Gasteiger charge is -2.37. The number of rotatable bonds is 1. The molecule has 104 valence electrons. The van der Waals surface area contributed by atoms with E-state index >= 15 is 0 Å². The lowest BCUT2D eigenvalue weighted by molar-refractivity contribution is 0.0941. The van der Waals surface area contributed by atoms with E-state index in [1.165, 1.54) is 0 Å². The number of aliphatic hydroxyl groups is 1. The molecule has 4 heteroatoms. The van der Waals surface area contributed by atoms with Gasteiger partial charge in [-0.2, -0.15) is 0 Å². The van der Waals surface area contributed by atoms with Crippen LogP contribution in [0.2, 0.25) is 0 Å². The maximum atomic E-state index is 10.2. The highest BCUT2D eigenvalue weighted by Gasteiger charge is 2.31. The predicted molar refractivity (Wildman–Crippen MR) is 75.6 cm³/mol. The van der Waals surface area contributed by atoms with Crippen LogP contribution >= 0.6 is 0 Å². The van der Waals surface area contributed by atoms with Crippen molar-refractivity contribution >= 4 is 0 Å². The van der Waals surface area contributed by atoms with Crippen molar-refractivity contribution in [1.29, 1.82) is 0 Å². The Kier molecular flexibility index (Phi) is 3.12. The van der Waals surface area contributed by atoms with Crippen molar-refractivity contribution in [1.82, 2.24) is 4.90 Å². The average Bonchev–Trinajstić information content (AvgIpc) is 2.40. The van der Waals surface area contributed by atoms with Gasteiger partial charge in [0, 0.05) is 6.54 Å². The second-order valence-corrected chi connectivity index (χ2v) is 5.27. The van der Waals surface area contributed by atoms with E-state index in [2.05, 4.69) is 0 Å². The molecule has 2 aromatic rings. The molecule has 0 saturated carbocycles. The van der Waals surface area contributed by atoms with Gasteiger partial charge in [0.25, 0.3) is 0 Å². The topological polar surface area (TPSA) is 63.9 Å². The Balaban J connectivity index is 2.14. The molecule has 0 aliphatic carbocycles. The van der Waals surface area contributed by atoms with Gasteiger partial charge in [0.05, 0.1) is 12.1 Å². The maximum Gasteiger partial charge on any atom is 0.115 e. The molecule has 0 saturated heterocycles. The summed E-state index contributed by atoms with van der Waals surface area (Å²) in [5, 5.41) is 29.4. The first-order valence-corrected chi connectivity index (χ1v) is 6.56. The normalized spacial score (nSPS) is 22.5. The fraction of sp³-hybridized carbons (Fsp3) is 0.250. The molecule has 0 radical (unpaired) electrons. The molecule has 3 N–H and O–H groups in total. The highest BCUT2D eigenvalue weighted by atomic mass is 16.3. The Morgan fingerprint density at radius 3 is 2.50 bits per heavy atom. The van der Waals surface area contributed by atoms with Crippen molar-refractivity contribution < 1.29 is 15.3 Å². The quantitative estimate of drug-likeness (QED) is 0.744. The van der Waals surface area contributed by atoms with Gasteiger partial charge >= 0.3 is 0 Å². The molecule has 0 fully saturated rings. The van der Waals surface area contributed by atoms with Crippen LogP contribution in [0.25, 0.3) is 0 Å². The van der Waals surface area contributed by atoms with Crippen molar-refractivity contribution in [2.45, 2.75) is 12.1 Å². The molecule has 20 heavy (non-hydrogen) atoms. The monoisotopic (exact) mass is 271 g/mol. The van der Waals surface area contributed by atoms with Crippen LogP contribution in [0.1, 0.15) is 28.8 Å². The van der Waals surface area contributed by atoms with Gasteiger partial charge in [-0.15, -0.1) is 0 Å². The summed E-state index contributed by atoms with van der Waals surface area (Å²) in [6.45, 7) is 0.483. The molecule has 3 rings (SSSR count). The highest BCUT2D eigenvalue weighted by Crippen LogP contribution is 2.39. The Labute approximate surface area is 117 Å². The molecule has 0 bridgehead atoms. The van der Waals surface area contributed by atoms with Crippen molar-refractivity contribution in [3.8, 4) is 11.5 Å². The van der Waals surface area contributed by atoms with Gasteiger partial charge in [0.2, 0.25) is 0 Å². The summed E-state index contributed by atoms with van der Waals surface area (Å²) in [4.78, 5) is 2.04. The zero-order valence-corrected chi connectivity index (χ0v) is 11.2. The van der Waals surface area contributed by atoms with Crippen molar-refractivity contribution in [3.05, 3.63) is 59.2 Å². The van der Waals surface area contributed by atoms with Crippen LogP contribution in [0, 0.1) is 0 Å². The molecule has 1 heterocycles. The van der Waals surface area contributed by atoms with Crippen molar-refractivity contribution in [2.75, 3.05) is 13.6 Å². The molecule has 0 unspecified atom stereocenters. The molecule has 2 aromatic carbocycles. The number of phenols is 2. The summed E-state index contributed by atoms with van der Waals surface area (Å²) in [5.41, 5.74) is 2.66. The van der Waals surface area contributed by atoms with Gasteiger partial charge in [-0.1, -0.05) is 18.2 Å². The van der Waals surface area contributed by atoms with E-state index in [9.17, 15) is 15.3 Å². The molecular formula is C16H17NO3. The lowest BCUT2D eigenvalue weighted by Crippen LogP contribution is -2.35. The maximum absolute atomic E-state index is 10.2. The Hall–Kier alpha value is -2.04. The molecule has 0 aromatic heterocycles. The molecule has 1 aliphatic rings. The summed E-state index contributed by atoms with van der Waals surface area (Å²) in [5.74, 6) is 0.379. The largest absolute Gasteiger partial charge is 0.508 e. The van der Waals surface area contributed by atoms with Crippen LogP contribution in [-0.2, 0) is 0 Å². The minimum atomic E-state index is -0.615. The fourth-order valence-corrected chi connectivity index (χ4v) is 2.94. The van der Waals surface area contributed by atoms with Crippen molar-refractivity contribution in [3.63, 3.8) is 0 Å². The third kappa shape index (κ3) is 2.13. The number of aliphatic hydroxyl groups excluding tert-OH is 1. The lowest BCUT2D eigenvalue weighted by atomic mass is 9.87. The standard InChI is InChI=1S/C16H17NO3/c1-17-9-15(20)14-8-12(19)5-6-13(14)16(17)10-3-2-4-11(18)7-10/h2-8,15-16,18-20H,9H2,1H3/t15-,16+/m0/s1. The first-order valence-electron chi connectivity index (χ1n) is 6.56. The van der Waals surface area contributed by atoms with Crippen LogP contribution in [0.3, 0.4) is 0 Å². The van der Waals surface area contributed by atoms with Crippen molar-refractivity contribution in [2.24, 2.45) is 0 Å². The van der Waals surface area contributed by atoms with Gasteiger partial charge in [-0.25, -0.2) is 0 Å². The van der Waals surface area contributed by atoms with Crippen LogP contribution < -0.4 is 0 Å². The summed E-state index contributed by atoms with van der Waals surface area (Å²) in [6, 6.07) is 12.2. The van der Waals surface area contributed by atoms with E-state index in [1.54, 1.807) is 24.3 Å². The van der Waals surface area contributed by atoms with Gasteiger partial charge in [-0.3, -0.25) is 4.90 Å². The number of fused-ring (bicyclic) bond motifs is 1. The highest BCUT2D eigenvalue weighted by molar-refractivity contribution is 5.45. The van der Waals surface area contributed by atoms with E-state index in [0.29, 0.717) is 6.54 Å². The number of likely N-dealkylation sites (N-methyl/N-ethyl adjacent to an activating group) is 1. The first kappa shape index (κ1) is 13.0. The number of hydrogen-bond acceptors (Lipinski definition) is 4. The molecule has 1 aliphatic heterocycles. The minimum Gasteiger partial charge on any atom is -0.508 e. The zero-order chi connectivity index (χ0) is 14.3. The number of nitrogens with zero attached hydrogens (tertiary/aromatic N) is 1. The molecule has 0 spiro atoms. The summed E-state index contributed by atoms with van der Waals surface area (Å²) in [7, 11) is 1.94. The number of aromatic hydroxyl groups is 2. The number of hydrogen-bond donors (Lipinski definition) is 3. The van der Waals surface area contributed by atoms with Gasteiger partial charge in [0.1, 0.15) is 11.5 Å². The summed E-state index contributed by atoms with van der Waals surface area (Å²) >= 11 is 0. The summed E-state index contributed by atoms with van der Waals surface area (Å²) in [6.07, 6.45) is -0.615. The van der Waals surface area contributed by atoms with Gasteiger partial charge in [0.15, 0.2) is 0 Å². The fourth-order valence-electron chi connectivity index (χ4n) is 2.94. The smallest absolute Gasteiger partial charge is 0.115 e. The van der Waals surface area contributed by atoms with E-state index in [1.807, 2.05) is 30.1 Å². The molecular weight excluding hydrogens is 254 g/mol. The second kappa shape index (κ2) is 4.81. The van der Waals surface area contributed by atoms with E-state index in [4.69, 9.17) is 0 Å². The number of phenolic OH excluding ortho intramolecular Hbond substituents is 2. The van der Waals surface area contributed by atoms with Crippen LogP contribution in [0.4, 0.5) is 0 Å². The molecule has 0 amide bonds. The van der Waals surface area contributed by atoms with E-state index in [-0.39, 0.29) is 17.5 Å². The van der Waals surface area contributed by atoms with Gasteiger partial charge in [-0.05, 0) is 48.0 Å². The zero-order valence-electron chi connectivity index (χ0n) is 11.2. The Morgan fingerprint density at radius 2 is 1.75 bits per heavy atom. The van der Waals surface area contributed by atoms with Crippen LogP contribution in [0.15, 0.2) is 42.5 Å². The third-order valence-electron chi connectivity index (χ3n) is 3.81. The van der Waals surface area contributed by atoms with Gasteiger partial charge < -0.3 is 15.3 Å². The Morgan fingerprint density at radius 1 is 1.00 bits per heavy atom.